The van der Waals surface area contributed by atoms with Crippen molar-refractivity contribution in [3.63, 3.8) is 0 Å². The first kappa shape index (κ1) is 19.8. The number of hydrogen-bond acceptors (Lipinski definition) is 2. The monoisotopic (exact) mass is 347 g/mol. The molecule has 2 N–H and O–H groups in total. The molecule has 24 heavy (non-hydrogen) atoms. The van der Waals surface area contributed by atoms with Crippen LogP contribution in [0.4, 0.5) is 0 Å². The minimum Gasteiger partial charge on any atom is -0.317 e. The highest BCUT2D eigenvalue weighted by molar-refractivity contribution is 8.00. The van der Waals surface area contributed by atoms with Gasteiger partial charge in [-0.1, -0.05) is 88.1 Å². The summed E-state index contributed by atoms with van der Waals surface area (Å²) in [6.07, 6.45) is 19.1. The van der Waals surface area contributed by atoms with E-state index in [1.807, 2.05) is 11.8 Å². The molecule has 2 heteroatoms. The Balaban J connectivity index is 1.31. The predicted molar refractivity (Wildman–Crippen MR) is 110 cm³/mol. The van der Waals surface area contributed by atoms with Gasteiger partial charge in [0.25, 0.3) is 0 Å². The highest BCUT2D eigenvalue weighted by atomic mass is 32.2. The van der Waals surface area contributed by atoms with Crippen molar-refractivity contribution in [1.82, 2.24) is 0 Å². The number of nitrogens with two attached hydrogens (primary N) is 1. The molecule has 0 radical (unpaired) electrons. The van der Waals surface area contributed by atoms with E-state index in [0.717, 1.165) is 0 Å². The van der Waals surface area contributed by atoms with Crippen LogP contribution in [0.1, 0.15) is 89.0 Å². The minimum absolute atomic E-state index is 0.139. The zero-order valence-electron chi connectivity index (χ0n) is 15.5. The molecule has 1 atom stereocenters. The molecule has 1 unspecified atom stereocenters. The van der Waals surface area contributed by atoms with Gasteiger partial charge in [0.05, 0.1) is 4.87 Å². The first-order valence-corrected chi connectivity index (χ1v) is 11.2. The second-order valence-corrected chi connectivity index (χ2v) is 9.05. The van der Waals surface area contributed by atoms with Crippen LogP contribution in [0.25, 0.3) is 0 Å². The third-order valence-electron chi connectivity index (χ3n) is 5.29. The van der Waals surface area contributed by atoms with E-state index in [4.69, 9.17) is 5.73 Å². The molecule has 1 nitrogen and oxygen atoms in total. The molecule has 0 amide bonds. The van der Waals surface area contributed by atoms with Crippen molar-refractivity contribution >= 4 is 11.8 Å². The molecule has 1 heterocycles. The number of hydrogen-bond donors (Lipinski definition) is 1. The van der Waals surface area contributed by atoms with Gasteiger partial charge in [0, 0.05) is 0 Å². The van der Waals surface area contributed by atoms with E-state index < -0.39 is 0 Å². The standard InChI is InChI=1S/C22H37NS/c23-22(19-14-20-24-22)18-13-8-6-4-2-1-3-5-7-10-15-21-16-11-9-12-17-21/h9,11-12,16-17H,1-8,10,13-15,18-20,23H2. The van der Waals surface area contributed by atoms with Gasteiger partial charge < -0.3 is 5.73 Å². The summed E-state index contributed by atoms with van der Waals surface area (Å²) in [5.41, 5.74) is 7.87. The topological polar surface area (TPSA) is 26.0 Å². The smallest absolute Gasteiger partial charge is 0.0620 e. The lowest BCUT2D eigenvalue weighted by atomic mass is 10.0. The first-order chi connectivity index (χ1) is 11.8. The fraction of sp³-hybridized carbons (Fsp3) is 0.727. The van der Waals surface area contributed by atoms with Crippen LogP contribution in [0.3, 0.4) is 0 Å². The molecular weight excluding hydrogens is 310 g/mol. The molecule has 1 aliphatic rings. The van der Waals surface area contributed by atoms with Gasteiger partial charge in [-0.15, -0.1) is 11.8 Å². The quantitative estimate of drug-likeness (QED) is 0.402. The molecule has 1 aliphatic heterocycles. The SMILES string of the molecule is NC1(CCCCCCCCCCCCc2ccccc2)CCCS1. The van der Waals surface area contributed by atoms with Crippen LogP contribution in [-0.2, 0) is 6.42 Å². The lowest BCUT2D eigenvalue weighted by Crippen LogP contribution is -2.32. The Kier molecular flexibility index (Phi) is 9.91. The van der Waals surface area contributed by atoms with E-state index in [1.165, 1.54) is 101 Å². The highest BCUT2D eigenvalue weighted by Gasteiger charge is 2.28. The summed E-state index contributed by atoms with van der Waals surface area (Å²) in [4.78, 5) is 0.139. The second kappa shape index (κ2) is 12.0. The maximum atomic E-state index is 6.38. The Morgan fingerprint density at radius 1 is 0.792 bits per heavy atom. The Labute approximate surface area is 154 Å². The van der Waals surface area contributed by atoms with Crippen molar-refractivity contribution in [2.75, 3.05) is 5.75 Å². The maximum absolute atomic E-state index is 6.38. The molecule has 1 aromatic rings. The van der Waals surface area contributed by atoms with E-state index >= 15 is 0 Å². The average Bonchev–Trinajstić information content (AvgIpc) is 3.03. The average molecular weight is 348 g/mol. The number of thioether (sulfide) groups is 1. The van der Waals surface area contributed by atoms with Crippen molar-refractivity contribution < 1.29 is 0 Å². The first-order valence-electron chi connectivity index (χ1n) is 10.3. The minimum atomic E-state index is 0.139. The fourth-order valence-corrected chi connectivity index (χ4v) is 5.00. The lowest BCUT2D eigenvalue weighted by molar-refractivity contribution is 0.485. The second-order valence-electron chi connectivity index (χ2n) is 7.54. The molecule has 136 valence electrons. The normalized spacial score (nSPS) is 20.5. The summed E-state index contributed by atoms with van der Waals surface area (Å²) < 4.78 is 0. The molecule has 1 fully saturated rings. The van der Waals surface area contributed by atoms with Crippen molar-refractivity contribution in [2.45, 2.75) is 94.8 Å². The van der Waals surface area contributed by atoms with Crippen LogP contribution in [0.5, 0.6) is 0 Å². The van der Waals surface area contributed by atoms with E-state index in [1.54, 1.807) is 0 Å². The Hall–Kier alpha value is -0.470. The van der Waals surface area contributed by atoms with Gasteiger partial charge >= 0.3 is 0 Å². The summed E-state index contributed by atoms with van der Waals surface area (Å²) in [6, 6.07) is 10.9. The molecule has 0 aliphatic carbocycles. The van der Waals surface area contributed by atoms with Crippen LogP contribution in [0.15, 0.2) is 30.3 Å². The van der Waals surface area contributed by atoms with Crippen LogP contribution in [-0.4, -0.2) is 10.6 Å². The predicted octanol–water partition coefficient (Wildman–Crippen LogP) is 6.70. The van der Waals surface area contributed by atoms with Crippen molar-refractivity contribution in [3.05, 3.63) is 35.9 Å². The summed E-state index contributed by atoms with van der Waals surface area (Å²) in [5.74, 6) is 1.28. The van der Waals surface area contributed by atoms with Crippen LogP contribution in [0.2, 0.25) is 0 Å². The molecule has 0 spiro atoms. The van der Waals surface area contributed by atoms with Crippen molar-refractivity contribution in [1.29, 1.82) is 0 Å². The zero-order chi connectivity index (χ0) is 16.9. The van der Waals surface area contributed by atoms with Gasteiger partial charge in [-0.25, -0.2) is 0 Å². The van der Waals surface area contributed by atoms with Gasteiger partial charge in [-0.3, -0.25) is 0 Å². The van der Waals surface area contributed by atoms with Crippen molar-refractivity contribution in [2.24, 2.45) is 5.73 Å². The molecule has 0 aromatic heterocycles. The molecule has 0 saturated carbocycles. The lowest BCUT2D eigenvalue weighted by Gasteiger charge is -2.22. The molecule has 1 saturated heterocycles. The highest BCUT2D eigenvalue weighted by Crippen LogP contribution is 2.37. The third kappa shape index (κ3) is 8.58. The molecule has 1 aromatic carbocycles. The van der Waals surface area contributed by atoms with Gasteiger partial charge in [-0.2, -0.15) is 0 Å². The summed E-state index contributed by atoms with van der Waals surface area (Å²) in [6.45, 7) is 0. The van der Waals surface area contributed by atoms with Gasteiger partial charge in [0.2, 0.25) is 0 Å². The third-order valence-corrected chi connectivity index (χ3v) is 6.77. The van der Waals surface area contributed by atoms with Crippen LogP contribution < -0.4 is 5.73 Å². The number of rotatable bonds is 13. The fourth-order valence-electron chi connectivity index (χ4n) is 3.73. The molecule has 2 rings (SSSR count). The Morgan fingerprint density at radius 2 is 1.38 bits per heavy atom. The summed E-state index contributed by atoms with van der Waals surface area (Å²) >= 11 is 2.00. The number of unbranched alkanes of at least 4 members (excludes halogenated alkanes) is 9. The summed E-state index contributed by atoms with van der Waals surface area (Å²) in [5, 5.41) is 0. The van der Waals surface area contributed by atoms with Gasteiger partial charge in [0.1, 0.15) is 0 Å². The van der Waals surface area contributed by atoms with E-state index in [9.17, 15) is 0 Å². The Bertz CT molecular complexity index is 411. The van der Waals surface area contributed by atoms with E-state index in [0.29, 0.717) is 0 Å². The van der Waals surface area contributed by atoms with Crippen LogP contribution in [0, 0.1) is 0 Å². The number of benzene rings is 1. The summed E-state index contributed by atoms with van der Waals surface area (Å²) in [7, 11) is 0. The van der Waals surface area contributed by atoms with Gasteiger partial charge in [-0.05, 0) is 43.4 Å². The zero-order valence-corrected chi connectivity index (χ0v) is 16.3. The van der Waals surface area contributed by atoms with Crippen LogP contribution >= 0.6 is 11.8 Å². The number of aryl methyl sites for hydroxylation is 1. The molecule has 0 bridgehead atoms. The largest absolute Gasteiger partial charge is 0.317 e. The Morgan fingerprint density at radius 3 is 1.96 bits per heavy atom. The molecular formula is C22H37NS. The van der Waals surface area contributed by atoms with E-state index in [2.05, 4.69) is 30.3 Å². The van der Waals surface area contributed by atoms with E-state index in [-0.39, 0.29) is 4.87 Å². The van der Waals surface area contributed by atoms with Crippen molar-refractivity contribution in [3.8, 4) is 0 Å². The van der Waals surface area contributed by atoms with Gasteiger partial charge in [0.15, 0.2) is 0 Å². The maximum Gasteiger partial charge on any atom is 0.0620 e.